The van der Waals surface area contributed by atoms with Gasteiger partial charge in [0, 0.05) is 32.1 Å². The van der Waals surface area contributed by atoms with Crippen LogP contribution in [-0.2, 0) is 11.3 Å². The molecule has 0 radical (unpaired) electrons. The summed E-state index contributed by atoms with van der Waals surface area (Å²) in [6.07, 6.45) is 4.36. The summed E-state index contributed by atoms with van der Waals surface area (Å²) < 4.78 is 5.71. The molecule has 1 aromatic rings. The minimum atomic E-state index is 0.190. The van der Waals surface area contributed by atoms with Crippen molar-refractivity contribution in [2.24, 2.45) is 16.8 Å². The fourth-order valence-electron chi connectivity index (χ4n) is 3.54. The molecule has 1 aliphatic heterocycles. The van der Waals surface area contributed by atoms with Crippen LogP contribution >= 0.6 is 0 Å². The van der Waals surface area contributed by atoms with Crippen molar-refractivity contribution < 1.29 is 9.21 Å². The molecule has 3 N–H and O–H groups in total. The molecule has 1 aromatic heterocycles. The highest BCUT2D eigenvalue weighted by molar-refractivity contribution is 5.81. The standard InChI is InChI=1S/C21H36N6O2/c1-4-22-21(24-10-9-23-20(28)18-5-6-18)25-13-17-7-11-27(12-8-17)14-19-26-15(2)16(3)29-19/h17-18H,4-14H2,1-3H3,(H,23,28)(H2,22,24,25). The minimum absolute atomic E-state index is 0.190. The lowest BCUT2D eigenvalue weighted by atomic mass is 9.97. The molecule has 0 atom stereocenters. The number of piperidine rings is 1. The zero-order valence-electron chi connectivity index (χ0n) is 18.1. The number of nitrogens with one attached hydrogen (secondary N) is 3. The lowest BCUT2D eigenvalue weighted by molar-refractivity contribution is -0.122. The van der Waals surface area contributed by atoms with Crippen molar-refractivity contribution in [2.75, 3.05) is 39.3 Å². The Morgan fingerprint density at radius 3 is 2.48 bits per heavy atom. The molecule has 0 aromatic carbocycles. The molecule has 8 heteroatoms. The summed E-state index contributed by atoms with van der Waals surface area (Å²) in [5.74, 6) is 3.63. The van der Waals surface area contributed by atoms with Gasteiger partial charge in [-0.2, -0.15) is 0 Å². The van der Waals surface area contributed by atoms with Crippen molar-refractivity contribution in [3.8, 4) is 0 Å². The number of guanidine groups is 1. The molecule has 2 heterocycles. The van der Waals surface area contributed by atoms with Crippen LogP contribution in [0.4, 0.5) is 0 Å². The topological polar surface area (TPSA) is 94.8 Å². The molecular weight excluding hydrogens is 368 g/mol. The summed E-state index contributed by atoms with van der Waals surface area (Å²) in [6.45, 7) is 11.9. The summed E-state index contributed by atoms with van der Waals surface area (Å²) in [4.78, 5) is 23.3. The van der Waals surface area contributed by atoms with E-state index in [9.17, 15) is 4.79 Å². The summed E-state index contributed by atoms with van der Waals surface area (Å²) in [7, 11) is 0. The maximum absolute atomic E-state index is 11.7. The summed E-state index contributed by atoms with van der Waals surface area (Å²) in [6, 6.07) is 0. The Kier molecular flexibility index (Phi) is 7.91. The third-order valence-electron chi connectivity index (χ3n) is 5.66. The van der Waals surface area contributed by atoms with Gasteiger partial charge in [0.2, 0.25) is 11.8 Å². The first-order chi connectivity index (χ1) is 14.0. The number of hydrogen-bond donors (Lipinski definition) is 3. The third kappa shape index (κ3) is 7.03. The molecule has 29 heavy (non-hydrogen) atoms. The molecule has 0 unspecified atom stereocenters. The first kappa shape index (κ1) is 21.6. The van der Waals surface area contributed by atoms with Crippen LogP contribution in [0.25, 0.3) is 0 Å². The molecule has 2 aliphatic rings. The Labute approximate surface area is 173 Å². The van der Waals surface area contributed by atoms with E-state index in [2.05, 4.69) is 32.8 Å². The minimum Gasteiger partial charge on any atom is -0.444 e. The Hall–Kier alpha value is -2.09. The van der Waals surface area contributed by atoms with Gasteiger partial charge in [-0.1, -0.05) is 0 Å². The Balaban J connectivity index is 1.35. The Morgan fingerprint density at radius 2 is 1.86 bits per heavy atom. The van der Waals surface area contributed by atoms with Crippen LogP contribution in [0.3, 0.4) is 0 Å². The maximum atomic E-state index is 11.7. The average Bonchev–Trinajstić information content (AvgIpc) is 3.50. The molecule has 0 spiro atoms. The van der Waals surface area contributed by atoms with Crippen molar-refractivity contribution in [1.82, 2.24) is 25.8 Å². The quantitative estimate of drug-likeness (QED) is 0.329. The highest BCUT2D eigenvalue weighted by Crippen LogP contribution is 2.28. The van der Waals surface area contributed by atoms with E-state index in [1.54, 1.807) is 0 Å². The van der Waals surface area contributed by atoms with E-state index in [4.69, 9.17) is 9.41 Å². The van der Waals surface area contributed by atoms with Crippen LogP contribution in [-0.4, -0.2) is 61.0 Å². The second-order valence-electron chi connectivity index (χ2n) is 8.18. The van der Waals surface area contributed by atoms with E-state index < -0.39 is 0 Å². The van der Waals surface area contributed by atoms with E-state index in [1.807, 2.05) is 13.8 Å². The Bertz CT molecular complexity index is 670. The van der Waals surface area contributed by atoms with Gasteiger partial charge in [0.15, 0.2) is 5.96 Å². The van der Waals surface area contributed by atoms with Crippen LogP contribution in [0.15, 0.2) is 9.41 Å². The first-order valence-electron chi connectivity index (χ1n) is 11.0. The highest BCUT2D eigenvalue weighted by atomic mass is 16.4. The van der Waals surface area contributed by atoms with Crippen LogP contribution in [0.2, 0.25) is 0 Å². The fraction of sp³-hybridized carbons (Fsp3) is 0.762. The van der Waals surface area contributed by atoms with Crippen molar-refractivity contribution in [2.45, 2.75) is 53.0 Å². The third-order valence-corrected chi connectivity index (χ3v) is 5.66. The van der Waals surface area contributed by atoms with Gasteiger partial charge < -0.3 is 20.4 Å². The summed E-state index contributed by atoms with van der Waals surface area (Å²) in [5.41, 5.74) is 0.986. The molecule has 162 valence electrons. The average molecular weight is 405 g/mol. The van der Waals surface area contributed by atoms with Gasteiger partial charge in [-0.3, -0.25) is 14.7 Å². The molecule has 2 fully saturated rings. The molecule has 1 amide bonds. The summed E-state index contributed by atoms with van der Waals surface area (Å²) >= 11 is 0. The number of carbonyl (C=O) groups excluding carboxylic acids is 1. The lowest BCUT2D eigenvalue weighted by Gasteiger charge is -2.30. The number of amides is 1. The second kappa shape index (κ2) is 10.6. The fourth-order valence-corrected chi connectivity index (χ4v) is 3.54. The molecular formula is C21H36N6O2. The molecule has 8 nitrogen and oxygen atoms in total. The van der Waals surface area contributed by atoms with E-state index in [0.29, 0.717) is 19.0 Å². The van der Waals surface area contributed by atoms with E-state index in [0.717, 1.165) is 81.7 Å². The lowest BCUT2D eigenvalue weighted by Crippen LogP contribution is -2.42. The van der Waals surface area contributed by atoms with Gasteiger partial charge in [-0.25, -0.2) is 4.98 Å². The number of likely N-dealkylation sites (tertiary alicyclic amines) is 1. The number of hydrogen-bond acceptors (Lipinski definition) is 5. The van der Waals surface area contributed by atoms with Gasteiger partial charge in [0.1, 0.15) is 5.76 Å². The summed E-state index contributed by atoms with van der Waals surface area (Å²) in [5, 5.41) is 9.58. The predicted molar refractivity (Wildman–Crippen MR) is 114 cm³/mol. The Morgan fingerprint density at radius 1 is 1.14 bits per heavy atom. The van der Waals surface area contributed by atoms with Crippen molar-refractivity contribution in [1.29, 1.82) is 0 Å². The van der Waals surface area contributed by atoms with E-state index in [1.165, 1.54) is 0 Å². The number of aromatic nitrogens is 1. The van der Waals surface area contributed by atoms with E-state index >= 15 is 0 Å². The van der Waals surface area contributed by atoms with Crippen molar-refractivity contribution in [3.05, 3.63) is 17.3 Å². The number of oxazole rings is 1. The predicted octanol–water partition coefficient (Wildman–Crippen LogP) is 1.58. The zero-order valence-corrected chi connectivity index (χ0v) is 18.1. The van der Waals surface area contributed by atoms with Crippen LogP contribution in [0, 0.1) is 25.7 Å². The van der Waals surface area contributed by atoms with Gasteiger partial charge >= 0.3 is 0 Å². The van der Waals surface area contributed by atoms with E-state index in [-0.39, 0.29) is 11.8 Å². The van der Waals surface area contributed by atoms with Gasteiger partial charge in [0.05, 0.1) is 12.2 Å². The first-order valence-corrected chi connectivity index (χ1v) is 11.0. The number of rotatable bonds is 9. The number of aryl methyl sites for hydroxylation is 2. The zero-order chi connectivity index (χ0) is 20.6. The van der Waals surface area contributed by atoms with Crippen molar-refractivity contribution >= 4 is 11.9 Å². The van der Waals surface area contributed by atoms with Gasteiger partial charge in [0.25, 0.3) is 0 Å². The van der Waals surface area contributed by atoms with Gasteiger partial charge in [-0.05, 0) is 65.5 Å². The number of nitrogens with zero attached hydrogens (tertiary/aromatic N) is 3. The largest absolute Gasteiger partial charge is 0.444 e. The molecule has 1 saturated carbocycles. The monoisotopic (exact) mass is 404 g/mol. The second-order valence-corrected chi connectivity index (χ2v) is 8.18. The molecule has 1 aliphatic carbocycles. The SMILES string of the molecule is CCNC(=NCC1CCN(Cc2nc(C)c(C)o2)CC1)NCCNC(=O)C1CC1. The van der Waals surface area contributed by atoms with Crippen LogP contribution in [0.1, 0.15) is 50.0 Å². The highest BCUT2D eigenvalue weighted by Gasteiger charge is 2.29. The van der Waals surface area contributed by atoms with Crippen LogP contribution in [0.5, 0.6) is 0 Å². The number of aliphatic imine (C=N–C) groups is 1. The molecule has 0 bridgehead atoms. The van der Waals surface area contributed by atoms with Gasteiger partial charge in [-0.15, -0.1) is 0 Å². The number of carbonyl (C=O) groups is 1. The molecule has 1 saturated heterocycles. The smallest absolute Gasteiger partial charge is 0.223 e. The van der Waals surface area contributed by atoms with Crippen LogP contribution < -0.4 is 16.0 Å². The van der Waals surface area contributed by atoms with Crippen molar-refractivity contribution in [3.63, 3.8) is 0 Å². The normalized spacial score (nSPS) is 18.7. The molecule has 3 rings (SSSR count). The maximum Gasteiger partial charge on any atom is 0.223 e.